The number of aromatic nitrogens is 2. The lowest BCUT2D eigenvalue weighted by molar-refractivity contribution is 0.0711. The van der Waals surface area contributed by atoms with Crippen LogP contribution < -0.4 is 5.76 Å². The molecule has 8 heteroatoms. The average molecular weight is 372 g/mol. The molecule has 1 aliphatic rings. The Labute approximate surface area is 133 Å². The van der Waals surface area contributed by atoms with Gasteiger partial charge in [-0.25, -0.2) is 9.89 Å². The molecule has 1 saturated heterocycles. The molecule has 1 aliphatic heterocycles. The number of hydrogen-bond donors (Lipinski definition) is 1. The van der Waals surface area contributed by atoms with Gasteiger partial charge in [0.1, 0.15) is 0 Å². The molecule has 1 fully saturated rings. The van der Waals surface area contributed by atoms with Crippen LogP contribution in [0.4, 0.5) is 0 Å². The lowest BCUT2D eigenvalue weighted by atomic mass is 9.97. The monoisotopic (exact) mass is 371 g/mol. The highest BCUT2D eigenvalue weighted by atomic mass is 79.9. The van der Waals surface area contributed by atoms with Gasteiger partial charge in [-0.2, -0.15) is 0 Å². The highest BCUT2D eigenvalue weighted by Crippen LogP contribution is 2.30. The summed E-state index contributed by atoms with van der Waals surface area (Å²) in [6.45, 7) is 3.28. The molecule has 0 saturated carbocycles. The van der Waals surface area contributed by atoms with E-state index in [1.54, 1.807) is 0 Å². The van der Waals surface area contributed by atoms with E-state index in [4.69, 9.17) is 4.42 Å². The smallest absolute Gasteiger partial charge is 0.392 e. The Morgan fingerprint density at radius 3 is 2.76 bits per heavy atom. The molecule has 1 amide bonds. The minimum Gasteiger partial charge on any atom is -0.392 e. The summed E-state index contributed by atoms with van der Waals surface area (Å²) in [7, 11) is 0. The summed E-state index contributed by atoms with van der Waals surface area (Å²) in [5, 5.41) is 6.15. The number of nitrogens with zero attached hydrogens (tertiary/aromatic N) is 2. The van der Waals surface area contributed by atoms with E-state index >= 15 is 0 Å². The van der Waals surface area contributed by atoms with Crippen molar-refractivity contribution in [2.24, 2.45) is 0 Å². The van der Waals surface area contributed by atoms with Crippen molar-refractivity contribution >= 4 is 33.2 Å². The summed E-state index contributed by atoms with van der Waals surface area (Å²) < 4.78 is 5.97. The molecule has 1 N–H and O–H groups in total. The van der Waals surface area contributed by atoms with Crippen molar-refractivity contribution < 1.29 is 9.21 Å². The Bertz CT molecular complexity index is 693. The van der Waals surface area contributed by atoms with Gasteiger partial charge < -0.3 is 9.32 Å². The molecule has 2 aromatic heterocycles. The molecule has 21 heavy (non-hydrogen) atoms. The lowest BCUT2D eigenvalue weighted by Gasteiger charge is -2.30. The number of hydrogen-bond acceptors (Lipinski definition) is 5. The van der Waals surface area contributed by atoms with Crippen molar-refractivity contribution in [2.75, 3.05) is 13.1 Å². The third kappa shape index (κ3) is 2.96. The number of nitrogens with one attached hydrogen (secondary N) is 1. The van der Waals surface area contributed by atoms with Gasteiger partial charge >= 0.3 is 5.76 Å². The second-order valence-corrected chi connectivity index (χ2v) is 7.14. The molecule has 112 valence electrons. The van der Waals surface area contributed by atoms with Crippen LogP contribution >= 0.6 is 27.3 Å². The van der Waals surface area contributed by atoms with Gasteiger partial charge in [0.15, 0.2) is 0 Å². The molecule has 0 aromatic carbocycles. The zero-order valence-electron chi connectivity index (χ0n) is 11.4. The average Bonchev–Trinajstić information content (AvgIpc) is 3.05. The van der Waals surface area contributed by atoms with Crippen LogP contribution in [0.15, 0.2) is 19.8 Å². The van der Waals surface area contributed by atoms with Gasteiger partial charge in [-0.1, -0.05) is 0 Å². The van der Waals surface area contributed by atoms with Gasteiger partial charge in [0.25, 0.3) is 5.91 Å². The summed E-state index contributed by atoms with van der Waals surface area (Å²) in [6, 6.07) is 1.88. The number of carbonyl (C=O) groups is 1. The van der Waals surface area contributed by atoms with Crippen molar-refractivity contribution in [1.82, 2.24) is 15.1 Å². The number of H-pyrrole nitrogens is 1. The van der Waals surface area contributed by atoms with E-state index in [9.17, 15) is 9.59 Å². The Kier molecular flexibility index (Phi) is 3.99. The third-order valence-corrected chi connectivity index (χ3v) is 5.78. The van der Waals surface area contributed by atoms with Gasteiger partial charge in [0, 0.05) is 28.4 Å². The number of carbonyl (C=O) groups excluding carboxylic acids is 1. The van der Waals surface area contributed by atoms with E-state index < -0.39 is 5.76 Å². The topological polar surface area (TPSA) is 79.2 Å². The Morgan fingerprint density at radius 2 is 2.24 bits per heavy atom. The van der Waals surface area contributed by atoms with Gasteiger partial charge in [-0.15, -0.1) is 16.4 Å². The van der Waals surface area contributed by atoms with Crippen molar-refractivity contribution in [2.45, 2.75) is 25.7 Å². The van der Waals surface area contributed by atoms with Crippen LogP contribution in [0.3, 0.4) is 0 Å². The summed E-state index contributed by atoms with van der Waals surface area (Å²) in [5.74, 6) is 0.0877. The first-order valence-corrected chi connectivity index (χ1v) is 8.26. The molecule has 0 atom stereocenters. The van der Waals surface area contributed by atoms with E-state index in [-0.39, 0.29) is 11.8 Å². The Hall–Kier alpha value is -1.41. The fourth-order valence-electron chi connectivity index (χ4n) is 2.47. The van der Waals surface area contributed by atoms with E-state index in [0.29, 0.717) is 19.0 Å². The summed E-state index contributed by atoms with van der Waals surface area (Å²) in [5.41, 5.74) is 0. The van der Waals surface area contributed by atoms with Gasteiger partial charge in [-0.3, -0.25) is 4.79 Å². The summed E-state index contributed by atoms with van der Waals surface area (Å²) in [6.07, 6.45) is 1.51. The predicted molar refractivity (Wildman–Crippen MR) is 81.8 cm³/mol. The number of likely N-dealkylation sites (tertiary alicyclic amines) is 1. The molecular formula is C13H14BrN3O3S. The molecule has 3 rings (SSSR count). The summed E-state index contributed by atoms with van der Waals surface area (Å²) in [4.78, 5) is 27.1. The van der Waals surface area contributed by atoms with Gasteiger partial charge in [0.05, 0.1) is 4.88 Å². The van der Waals surface area contributed by atoms with Crippen LogP contribution in [0.5, 0.6) is 0 Å². The lowest BCUT2D eigenvalue weighted by Crippen LogP contribution is -2.37. The molecule has 0 radical (unpaired) electrons. The largest absolute Gasteiger partial charge is 0.434 e. The van der Waals surface area contributed by atoms with Crippen molar-refractivity contribution in [3.8, 4) is 0 Å². The number of aromatic amines is 1. The number of amides is 1. The molecule has 0 bridgehead atoms. The molecule has 6 nitrogen and oxygen atoms in total. The number of rotatable bonds is 2. The normalized spacial score (nSPS) is 16.4. The second-order valence-electron chi connectivity index (χ2n) is 5.03. The number of piperidine rings is 1. The molecule has 2 aromatic rings. The van der Waals surface area contributed by atoms with Crippen LogP contribution in [0.1, 0.15) is 39.2 Å². The predicted octanol–water partition coefficient (Wildman–Crippen LogP) is 2.52. The van der Waals surface area contributed by atoms with Crippen molar-refractivity contribution in [1.29, 1.82) is 0 Å². The van der Waals surface area contributed by atoms with Crippen LogP contribution in [0, 0.1) is 6.92 Å². The maximum absolute atomic E-state index is 12.4. The highest BCUT2D eigenvalue weighted by Gasteiger charge is 2.28. The van der Waals surface area contributed by atoms with Crippen LogP contribution in [0.25, 0.3) is 0 Å². The highest BCUT2D eigenvalue weighted by molar-refractivity contribution is 9.10. The maximum Gasteiger partial charge on any atom is 0.434 e. The fraction of sp³-hybridized carbons (Fsp3) is 0.462. The number of aryl methyl sites for hydroxylation is 1. The first-order chi connectivity index (χ1) is 10.0. The molecule has 0 aliphatic carbocycles. The maximum atomic E-state index is 12.4. The van der Waals surface area contributed by atoms with E-state index in [0.717, 1.165) is 27.1 Å². The third-order valence-electron chi connectivity index (χ3n) is 3.65. The van der Waals surface area contributed by atoms with E-state index in [1.807, 2.05) is 17.9 Å². The zero-order chi connectivity index (χ0) is 15.0. The minimum absolute atomic E-state index is 0.0655. The quantitative estimate of drug-likeness (QED) is 0.879. The first-order valence-electron chi connectivity index (χ1n) is 6.65. The fourth-order valence-corrected chi connectivity index (χ4v) is 3.97. The summed E-state index contributed by atoms with van der Waals surface area (Å²) >= 11 is 4.94. The first kappa shape index (κ1) is 14.5. The zero-order valence-corrected chi connectivity index (χ0v) is 13.8. The van der Waals surface area contributed by atoms with Gasteiger partial charge in [0.2, 0.25) is 5.89 Å². The Morgan fingerprint density at radius 1 is 1.52 bits per heavy atom. The van der Waals surface area contributed by atoms with E-state index in [1.165, 1.54) is 11.3 Å². The molecular weight excluding hydrogens is 358 g/mol. The molecule has 3 heterocycles. The van der Waals surface area contributed by atoms with E-state index in [2.05, 4.69) is 26.1 Å². The number of halogens is 1. The van der Waals surface area contributed by atoms with Crippen LogP contribution in [0.2, 0.25) is 0 Å². The number of thiophene rings is 1. The second kappa shape index (κ2) is 5.76. The van der Waals surface area contributed by atoms with Gasteiger partial charge in [-0.05, 0) is 41.8 Å². The minimum atomic E-state index is -0.526. The van der Waals surface area contributed by atoms with Crippen LogP contribution in [-0.4, -0.2) is 34.1 Å². The van der Waals surface area contributed by atoms with Crippen molar-refractivity contribution in [3.63, 3.8) is 0 Å². The Balaban J connectivity index is 1.65. The standard InChI is InChI=1S/C13H14BrN3O3S/c1-7-9(14)6-10(21-7)12(18)17-4-2-8(3-5-17)11-15-16-13(19)20-11/h6,8H,2-5H2,1H3,(H,16,19). The molecule has 0 spiro atoms. The van der Waals surface area contributed by atoms with Crippen molar-refractivity contribution in [3.05, 3.63) is 36.7 Å². The molecule has 0 unspecified atom stereocenters. The SMILES string of the molecule is Cc1sc(C(=O)N2CCC(c3n[nH]c(=O)o3)CC2)cc1Br. The van der Waals surface area contributed by atoms with Crippen LogP contribution in [-0.2, 0) is 0 Å².